The van der Waals surface area contributed by atoms with Crippen LogP contribution in [-0.2, 0) is 17.7 Å². The Morgan fingerprint density at radius 2 is 2.21 bits per heavy atom. The van der Waals surface area contributed by atoms with Crippen LogP contribution in [0, 0.1) is 0 Å². The summed E-state index contributed by atoms with van der Waals surface area (Å²) < 4.78 is 17.4. The molecular weight excluding hydrogens is 304 g/mol. The normalized spacial score (nSPS) is 26.9. The average Bonchev–Trinajstić information content (AvgIpc) is 3.36. The van der Waals surface area contributed by atoms with Crippen molar-refractivity contribution in [1.29, 1.82) is 0 Å². The molecule has 2 fully saturated rings. The largest absolute Gasteiger partial charge is 0.497 e. The lowest BCUT2D eigenvalue weighted by Gasteiger charge is -2.33. The highest BCUT2D eigenvalue weighted by Gasteiger charge is 2.32. The molecule has 1 aromatic rings. The summed E-state index contributed by atoms with van der Waals surface area (Å²) in [7, 11) is 1.72. The molecule has 2 unspecified atom stereocenters. The van der Waals surface area contributed by atoms with Gasteiger partial charge in [-0.3, -0.25) is 4.90 Å². The molecule has 0 bridgehead atoms. The number of fused-ring (bicyclic) bond motifs is 1. The molecule has 132 valence electrons. The van der Waals surface area contributed by atoms with Crippen molar-refractivity contribution in [3.05, 3.63) is 23.3 Å². The lowest BCUT2D eigenvalue weighted by atomic mass is 10.1. The van der Waals surface area contributed by atoms with Gasteiger partial charge in [-0.05, 0) is 31.9 Å². The van der Waals surface area contributed by atoms with Gasteiger partial charge in [-0.1, -0.05) is 0 Å². The Hall–Kier alpha value is -1.30. The van der Waals surface area contributed by atoms with E-state index in [0.29, 0.717) is 0 Å². The molecule has 3 aliphatic rings. The van der Waals surface area contributed by atoms with Crippen LogP contribution in [0.15, 0.2) is 12.1 Å². The number of hydrogen-bond donors (Lipinski definition) is 1. The minimum absolute atomic E-state index is 0.250. The zero-order chi connectivity index (χ0) is 16.5. The van der Waals surface area contributed by atoms with Crippen LogP contribution in [0.1, 0.15) is 30.9 Å². The summed E-state index contributed by atoms with van der Waals surface area (Å²) in [5.74, 6) is 1.96. The van der Waals surface area contributed by atoms with E-state index in [1.807, 2.05) is 0 Å². The zero-order valence-corrected chi connectivity index (χ0v) is 14.7. The SMILES string of the molecule is COc1cc(CNCC2CN(C3CC3)CCO2)c2c(c1)CC(C)O2. The van der Waals surface area contributed by atoms with Gasteiger partial charge >= 0.3 is 0 Å². The van der Waals surface area contributed by atoms with Crippen molar-refractivity contribution in [2.45, 2.75) is 51.0 Å². The summed E-state index contributed by atoms with van der Waals surface area (Å²) in [5, 5.41) is 3.56. The first-order valence-electron chi connectivity index (χ1n) is 9.15. The van der Waals surface area contributed by atoms with Gasteiger partial charge in [0.25, 0.3) is 0 Å². The molecular formula is C19H28N2O3. The molecule has 2 atom stereocenters. The van der Waals surface area contributed by atoms with E-state index < -0.39 is 0 Å². The molecule has 5 heteroatoms. The van der Waals surface area contributed by atoms with E-state index in [1.54, 1.807) is 7.11 Å². The molecule has 1 saturated carbocycles. The van der Waals surface area contributed by atoms with Gasteiger partial charge in [-0.2, -0.15) is 0 Å². The highest BCUT2D eigenvalue weighted by Crippen LogP contribution is 2.36. The van der Waals surface area contributed by atoms with Crippen molar-refractivity contribution in [1.82, 2.24) is 10.2 Å². The van der Waals surface area contributed by atoms with Crippen LogP contribution in [-0.4, -0.2) is 56.5 Å². The number of methoxy groups -OCH3 is 1. The molecule has 0 amide bonds. The number of ether oxygens (including phenoxy) is 3. The van der Waals surface area contributed by atoms with Crippen LogP contribution in [0.3, 0.4) is 0 Å². The van der Waals surface area contributed by atoms with Gasteiger partial charge in [0.2, 0.25) is 0 Å². The fraction of sp³-hybridized carbons (Fsp3) is 0.684. The Bertz CT molecular complexity index is 588. The number of nitrogens with zero attached hydrogens (tertiary/aromatic N) is 1. The fourth-order valence-corrected chi connectivity index (χ4v) is 3.83. The highest BCUT2D eigenvalue weighted by atomic mass is 16.5. The zero-order valence-electron chi connectivity index (χ0n) is 14.7. The summed E-state index contributed by atoms with van der Waals surface area (Å²) in [6.07, 6.45) is 4.23. The van der Waals surface area contributed by atoms with Crippen LogP contribution < -0.4 is 14.8 Å². The molecule has 0 radical (unpaired) electrons. The van der Waals surface area contributed by atoms with Crippen LogP contribution in [0.25, 0.3) is 0 Å². The molecule has 0 spiro atoms. The number of nitrogens with one attached hydrogen (secondary N) is 1. The van der Waals surface area contributed by atoms with Crippen molar-refractivity contribution < 1.29 is 14.2 Å². The monoisotopic (exact) mass is 332 g/mol. The van der Waals surface area contributed by atoms with Gasteiger partial charge in [-0.25, -0.2) is 0 Å². The molecule has 1 aliphatic carbocycles. The summed E-state index contributed by atoms with van der Waals surface area (Å²) in [4.78, 5) is 2.59. The maximum absolute atomic E-state index is 6.00. The Kier molecular flexibility index (Phi) is 4.66. The highest BCUT2D eigenvalue weighted by molar-refractivity contribution is 5.49. The molecule has 2 heterocycles. The van der Waals surface area contributed by atoms with E-state index in [1.165, 1.54) is 24.0 Å². The standard InChI is InChI=1S/C19H28N2O3/c1-13-7-14-8-17(22-2)9-15(19(14)24-13)10-20-11-18-12-21(5-6-23-18)16-3-4-16/h8-9,13,16,18,20H,3-7,10-12H2,1-2H3. The third kappa shape index (κ3) is 3.53. The van der Waals surface area contributed by atoms with Gasteiger partial charge in [0.05, 0.1) is 19.8 Å². The van der Waals surface area contributed by atoms with Gasteiger partial charge < -0.3 is 19.5 Å². The van der Waals surface area contributed by atoms with Gasteiger partial charge in [0.15, 0.2) is 0 Å². The lowest BCUT2D eigenvalue weighted by molar-refractivity contribution is -0.0301. The summed E-state index contributed by atoms with van der Waals surface area (Å²) in [6, 6.07) is 5.01. The maximum atomic E-state index is 6.00. The van der Waals surface area contributed by atoms with E-state index in [9.17, 15) is 0 Å². The Balaban J connectivity index is 1.35. The summed E-state index contributed by atoms with van der Waals surface area (Å²) in [5.41, 5.74) is 2.44. The number of hydrogen-bond acceptors (Lipinski definition) is 5. The van der Waals surface area contributed by atoms with Crippen LogP contribution in [0.2, 0.25) is 0 Å². The first-order chi connectivity index (χ1) is 11.7. The number of morpholine rings is 1. The second kappa shape index (κ2) is 6.90. The molecule has 4 rings (SSSR count). The van der Waals surface area contributed by atoms with Crippen molar-refractivity contribution in [2.24, 2.45) is 0 Å². The first-order valence-corrected chi connectivity index (χ1v) is 9.15. The molecule has 5 nitrogen and oxygen atoms in total. The van der Waals surface area contributed by atoms with Crippen molar-refractivity contribution in [2.75, 3.05) is 33.4 Å². The lowest BCUT2D eigenvalue weighted by Crippen LogP contribution is -2.47. The topological polar surface area (TPSA) is 43.0 Å². The molecule has 1 saturated heterocycles. The van der Waals surface area contributed by atoms with E-state index in [0.717, 1.165) is 56.7 Å². The average molecular weight is 332 g/mol. The second-order valence-corrected chi connectivity index (χ2v) is 7.26. The molecule has 0 aromatic heterocycles. The molecule has 2 aliphatic heterocycles. The fourth-order valence-electron chi connectivity index (χ4n) is 3.83. The van der Waals surface area contributed by atoms with Gasteiger partial charge in [-0.15, -0.1) is 0 Å². The quantitative estimate of drug-likeness (QED) is 0.863. The Morgan fingerprint density at radius 1 is 1.33 bits per heavy atom. The third-order valence-electron chi connectivity index (χ3n) is 5.20. The predicted octanol–water partition coefficient (Wildman–Crippen LogP) is 1.97. The van der Waals surface area contributed by atoms with E-state index in [-0.39, 0.29) is 12.2 Å². The molecule has 24 heavy (non-hydrogen) atoms. The van der Waals surface area contributed by atoms with Crippen LogP contribution in [0.4, 0.5) is 0 Å². The van der Waals surface area contributed by atoms with Gasteiger partial charge in [0, 0.05) is 49.8 Å². The van der Waals surface area contributed by atoms with Crippen molar-refractivity contribution in [3.63, 3.8) is 0 Å². The smallest absolute Gasteiger partial charge is 0.127 e. The first kappa shape index (κ1) is 16.2. The Morgan fingerprint density at radius 3 is 3.00 bits per heavy atom. The van der Waals surface area contributed by atoms with Crippen LogP contribution >= 0.6 is 0 Å². The van der Waals surface area contributed by atoms with E-state index >= 15 is 0 Å². The van der Waals surface area contributed by atoms with E-state index in [4.69, 9.17) is 14.2 Å². The minimum Gasteiger partial charge on any atom is -0.497 e. The van der Waals surface area contributed by atoms with E-state index in [2.05, 4.69) is 29.3 Å². The predicted molar refractivity (Wildman–Crippen MR) is 92.8 cm³/mol. The third-order valence-corrected chi connectivity index (χ3v) is 5.20. The maximum Gasteiger partial charge on any atom is 0.127 e. The second-order valence-electron chi connectivity index (χ2n) is 7.26. The summed E-state index contributed by atoms with van der Waals surface area (Å²) >= 11 is 0. The molecule has 1 N–H and O–H groups in total. The Labute approximate surface area is 144 Å². The number of rotatable bonds is 6. The van der Waals surface area contributed by atoms with Gasteiger partial charge in [0.1, 0.15) is 17.6 Å². The summed E-state index contributed by atoms with van der Waals surface area (Å²) in [6.45, 7) is 6.79. The van der Waals surface area contributed by atoms with Crippen molar-refractivity contribution >= 4 is 0 Å². The van der Waals surface area contributed by atoms with Crippen LogP contribution in [0.5, 0.6) is 11.5 Å². The molecule has 1 aromatic carbocycles. The minimum atomic E-state index is 0.250. The van der Waals surface area contributed by atoms with Crippen molar-refractivity contribution in [3.8, 4) is 11.5 Å². The number of benzene rings is 1.